The minimum atomic E-state index is -3.67. The molecule has 200 valence electrons. The third-order valence-electron chi connectivity index (χ3n) is 6.87. The third kappa shape index (κ3) is 5.95. The third-order valence-corrected chi connectivity index (χ3v) is 13.5. The zero-order valence-electron chi connectivity index (χ0n) is 22.3. The van der Waals surface area contributed by atoms with Gasteiger partial charge in [-0.3, -0.25) is 0 Å². The Morgan fingerprint density at radius 3 is 0.756 bits per heavy atom. The van der Waals surface area contributed by atoms with Crippen LogP contribution in [0.3, 0.4) is 0 Å². The van der Waals surface area contributed by atoms with Crippen molar-refractivity contribution in [3.63, 3.8) is 0 Å². The highest BCUT2D eigenvalue weighted by molar-refractivity contribution is 7.91. The zero-order valence-corrected chi connectivity index (χ0v) is 24.9. The lowest BCUT2D eigenvalue weighted by molar-refractivity contribution is 0.596. The van der Waals surface area contributed by atoms with Crippen molar-refractivity contribution in [1.29, 1.82) is 0 Å². The van der Waals surface area contributed by atoms with Gasteiger partial charge < -0.3 is 0 Å². The summed E-state index contributed by atoms with van der Waals surface area (Å²) in [5, 5.41) is 7.15. The fourth-order valence-corrected chi connectivity index (χ4v) is 10.7. The van der Waals surface area contributed by atoms with Crippen molar-refractivity contribution in [2.75, 3.05) is 0 Å². The van der Waals surface area contributed by atoms with Crippen molar-refractivity contribution >= 4 is 57.5 Å². The quantitative estimate of drug-likeness (QED) is 0.204. The first-order chi connectivity index (χ1) is 20.1. The molecule has 0 aliphatic carbocycles. The highest BCUT2D eigenvalue weighted by Gasteiger charge is 2.22. The van der Waals surface area contributed by atoms with Gasteiger partial charge in [-0.15, -0.1) is 0 Å². The van der Waals surface area contributed by atoms with Crippen LogP contribution in [0.1, 0.15) is 0 Å². The number of sulfone groups is 1. The molecule has 0 aliphatic rings. The van der Waals surface area contributed by atoms with Crippen LogP contribution >= 0.6 is 15.8 Å². The molecule has 0 atom stereocenters. The van der Waals surface area contributed by atoms with Gasteiger partial charge >= 0.3 is 0 Å². The Morgan fingerprint density at radius 2 is 0.512 bits per heavy atom. The van der Waals surface area contributed by atoms with Crippen LogP contribution in [0.2, 0.25) is 0 Å². The molecule has 2 nitrogen and oxygen atoms in total. The van der Waals surface area contributed by atoms with Gasteiger partial charge in [0.2, 0.25) is 9.84 Å². The van der Waals surface area contributed by atoms with Gasteiger partial charge in [-0.1, -0.05) is 146 Å². The summed E-state index contributed by atoms with van der Waals surface area (Å²) in [5.74, 6) is 0. The van der Waals surface area contributed by atoms with E-state index < -0.39 is 25.7 Å². The lowest BCUT2D eigenvalue weighted by atomic mass is 10.3. The van der Waals surface area contributed by atoms with Crippen LogP contribution in [0.4, 0.5) is 0 Å². The van der Waals surface area contributed by atoms with Crippen LogP contribution in [0.15, 0.2) is 180 Å². The summed E-state index contributed by atoms with van der Waals surface area (Å²) in [5.41, 5.74) is 0. The Bertz CT molecular complexity index is 1600. The molecule has 0 N–H and O–H groups in total. The molecule has 0 amide bonds. The lowest BCUT2D eigenvalue weighted by Gasteiger charge is -2.20. The molecule has 6 rings (SSSR count). The summed E-state index contributed by atoms with van der Waals surface area (Å²) < 4.78 is 27.4. The first-order valence-electron chi connectivity index (χ1n) is 13.4. The molecule has 6 aromatic carbocycles. The maximum atomic E-state index is 13.7. The molecule has 0 radical (unpaired) electrons. The lowest BCUT2D eigenvalue weighted by Crippen LogP contribution is -2.21. The number of hydrogen-bond donors (Lipinski definition) is 0. The molecule has 0 aliphatic heterocycles. The Kier molecular flexibility index (Phi) is 8.21. The number of benzene rings is 6. The fraction of sp³-hybridized carbons (Fsp3) is 0. The molecule has 0 heterocycles. The SMILES string of the molecule is O=S(=O)(c1ccc(P(c2ccccc2)c2ccccc2)cc1)c1ccc(P(c2ccccc2)c2ccccc2)cc1. The summed E-state index contributed by atoms with van der Waals surface area (Å²) in [4.78, 5) is 0.608. The molecule has 5 heteroatoms. The second kappa shape index (κ2) is 12.3. The second-order valence-corrected chi connectivity index (χ2v) is 15.9. The predicted octanol–water partition coefficient (Wildman–Crippen LogP) is 6.04. The molecular formula is C36H28O2P2S. The Hall–Kier alpha value is -3.87. The molecule has 41 heavy (non-hydrogen) atoms. The van der Waals surface area contributed by atoms with Gasteiger partial charge in [-0.05, 0) is 71.9 Å². The largest absolute Gasteiger partial charge is 0.219 e. The van der Waals surface area contributed by atoms with E-state index in [1.54, 1.807) is 24.3 Å². The first-order valence-corrected chi connectivity index (χ1v) is 17.5. The average molecular weight is 587 g/mol. The van der Waals surface area contributed by atoms with E-state index in [0.29, 0.717) is 9.79 Å². The number of hydrogen-bond acceptors (Lipinski definition) is 2. The van der Waals surface area contributed by atoms with Crippen LogP contribution < -0.4 is 31.8 Å². The first kappa shape index (κ1) is 27.3. The molecule has 0 unspecified atom stereocenters. The monoisotopic (exact) mass is 586 g/mol. The second-order valence-electron chi connectivity index (χ2n) is 9.50. The van der Waals surface area contributed by atoms with E-state index in [2.05, 4.69) is 97.1 Å². The van der Waals surface area contributed by atoms with Gasteiger partial charge in [0.25, 0.3) is 0 Å². The standard InChI is InChI=1S/C36H28O2P2S/c37-41(38,35-25-21-33(22-26-35)39(29-13-5-1-6-14-29)30-15-7-2-8-16-30)36-27-23-34(24-28-36)40(31-17-9-3-10-18-31)32-19-11-4-12-20-32/h1-28H. The van der Waals surface area contributed by atoms with Crippen molar-refractivity contribution in [3.8, 4) is 0 Å². The van der Waals surface area contributed by atoms with Crippen molar-refractivity contribution in [3.05, 3.63) is 170 Å². The molecular weight excluding hydrogens is 558 g/mol. The highest BCUT2D eigenvalue weighted by Crippen LogP contribution is 2.35. The summed E-state index contributed by atoms with van der Waals surface area (Å²) in [6.45, 7) is 0. The summed E-state index contributed by atoms with van der Waals surface area (Å²) in [6, 6.07) is 56.5. The van der Waals surface area contributed by atoms with Crippen LogP contribution in [0, 0.1) is 0 Å². The van der Waals surface area contributed by atoms with E-state index >= 15 is 0 Å². The van der Waals surface area contributed by atoms with Gasteiger partial charge in [-0.25, -0.2) is 8.42 Å². The topological polar surface area (TPSA) is 34.1 Å². The van der Waals surface area contributed by atoms with Gasteiger partial charge in [-0.2, -0.15) is 0 Å². The Morgan fingerprint density at radius 1 is 0.293 bits per heavy atom. The Labute approximate surface area is 244 Å². The number of rotatable bonds is 8. The fourth-order valence-electron chi connectivity index (χ4n) is 4.89. The zero-order chi connectivity index (χ0) is 28.1. The van der Waals surface area contributed by atoms with E-state index in [4.69, 9.17) is 0 Å². The van der Waals surface area contributed by atoms with E-state index in [1.807, 2.05) is 48.5 Å². The van der Waals surface area contributed by atoms with Crippen molar-refractivity contribution in [2.24, 2.45) is 0 Å². The molecule has 0 spiro atoms. The van der Waals surface area contributed by atoms with Crippen molar-refractivity contribution < 1.29 is 8.42 Å². The maximum Gasteiger partial charge on any atom is 0.206 e. The average Bonchev–Trinajstić information content (AvgIpc) is 3.04. The van der Waals surface area contributed by atoms with E-state index in [1.165, 1.54) is 21.2 Å². The molecule has 0 fully saturated rings. The normalized spacial score (nSPS) is 11.6. The highest BCUT2D eigenvalue weighted by atomic mass is 32.2. The summed E-state index contributed by atoms with van der Waals surface area (Å²) in [7, 11) is -5.26. The van der Waals surface area contributed by atoms with Crippen LogP contribution in [-0.4, -0.2) is 8.42 Å². The van der Waals surface area contributed by atoms with Gasteiger partial charge in [0.05, 0.1) is 9.79 Å². The summed E-state index contributed by atoms with van der Waals surface area (Å²) in [6.07, 6.45) is 0. The molecule has 6 aromatic rings. The van der Waals surface area contributed by atoms with Gasteiger partial charge in [0, 0.05) is 0 Å². The van der Waals surface area contributed by atoms with Crippen LogP contribution in [-0.2, 0) is 9.84 Å². The van der Waals surface area contributed by atoms with Crippen molar-refractivity contribution in [1.82, 2.24) is 0 Å². The van der Waals surface area contributed by atoms with E-state index in [0.717, 1.165) is 10.6 Å². The molecule has 0 aromatic heterocycles. The molecule has 0 saturated heterocycles. The van der Waals surface area contributed by atoms with Crippen LogP contribution in [0.5, 0.6) is 0 Å². The summed E-state index contributed by atoms with van der Waals surface area (Å²) >= 11 is 0. The smallest absolute Gasteiger partial charge is 0.206 e. The van der Waals surface area contributed by atoms with Crippen LogP contribution in [0.25, 0.3) is 0 Å². The van der Waals surface area contributed by atoms with Gasteiger partial charge in [0.15, 0.2) is 0 Å². The molecule has 0 bridgehead atoms. The van der Waals surface area contributed by atoms with E-state index in [9.17, 15) is 8.42 Å². The predicted molar refractivity (Wildman–Crippen MR) is 176 cm³/mol. The maximum absolute atomic E-state index is 13.7. The minimum Gasteiger partial charge on any atom is -0.219 e. The minimum absolute atomic E-state index is 0.304. The van der Waals surface area contributed by atoms with Gasteiger partial charge in [0.1, 0.15) is 0 Å². The Balaban J connectivity index is 1.31. The molecule has 0 saturated carbocycles. The van der Waals surface area contributed by atoms with E-state index in [-0.39, 0.29) is 0 Å². The van der Waals surface area contributed by atoms with Crippen molar-refractivity contribution in [2.45, 2.75) is 9.79 Å².